The zero-order chi connectivity index (χ0) is 31.2. The zero-order valence-electron chi connectivity index (χ0n) is 25.9. The van der Waals surface area contributed by atoms with E-state index in [0.717, 1.165) is 30.9 Å². The van der Waals surface area contributed by atoms with Gasteiger partial charge in [0.05, 0.1) is 9.79 Å². The minimum absolute atomic E-state index is 0.0598. The summed E-state index contributed by atoms with van der Waals surface area (Å²) in [6, 6.07) is 17.7. The first kappa shape index (κ1) is 32.6. The van der Waals surface area contributed by atoms with E-state index < -0.39 is 20.0 Å². The van der Waals surface area contributed by atoms with Crippen LogP contribution in [0.4, 0.5) is 0 Å². The maximum atomic E-state index is 14.0. The molecule has 0 bridgehead atoms. The van der Waals surface area contributed by atoms with E-state index in [-0.39, 0.29) is 22.9 Å². The van der Waals surface area contributed by atoms with Crippen molar-refractivity contribution in [3.8, 4) is 5.69 Å². The Hall–Kier alpha value is -2.76. The van der Waals surface area contributed by atoms with Crippen molar-refractivity contribution in [3.05, 3.63) is 90.8 Å². The Kier molecular flexibility index (Phi) is 10.8. The van der Waals surface area contributed by atoms with Gasteiger partial charge in [0.25, 0.3) is 0 Å². The Morgan fingerprint density at radius 1 is 0.682 bits per heavy atom. The summed E-state index contributed by atoms with van der Waals surface area (Å²) in [5.74, 6) is 0.641. The number of nitrogens with zero attached hydrogens (tertiary/aromatic N) is 4. The second-order valence-electron chi connectivity index (χ2n) is 12.3. The highest BCUT2D eigenvalue weighted by Crippen LogP contribution is 2.26. The van der Waals surface area contributed by atoms with Crippen LogP contribution in [0.25, 0.3) is 5.69 Å². The summed E-state index contributed by atoms with van der Waals surface area (Å²) < 4.78 is 60.6. The van der Waals surface area contributed by atoms with Gasteiger partial charge in [0.1, 0.15) is 0 Å². The lowest BCUT2D eigenvalue weighted by Gasteiger charge is -2.33. The number of hydrogen-bond acceptors (Lipinski definition) is 5. The quantitative estimate of drug-likeness (QED) is 0.310. The van der Waals surface area contributed by atoms with E-state index >= 15 is 0 Å². The van der Waals surface area contributed by atoms with Crippen LogP contribution in [-0.2, 0) is 20.0 Å². The average Bonchev–Trinajstić information content (AvgIpc) is 3.55. The van der Waals surface area contributed by atoms with Crippen LogP contribution in [0.3, 0.4) is 0 Å². The second kappa shape index (κ2) is 14.6. The summed E-state index contributed by atoms with van der Waals surface area (Å²) in [4.78, 5) is 2.89. The number of hydrogen-bond donors (Lipinski definition) is 0. The highest BCUT2D eigenvalue weighted by Gasteiger charge is 2.30. The van der Waals surface area contributed by atoms with Gasteiger partial charge in [0.2, 0.25) is 20.0 Å². The Balaban J connectivity index is 1.40. The smallest absolute Gasteiger partial charge is 0.243 e. The molecule has 3 aromatic rings. The molecule has 1 aromatic heterocycles. The van der Waals surface area contributed by atoms with Gasteiger partial charge in [-0.05, 0) is 106 Å². The maximum Gasteiger partial charge on any atom is 0.243 e. The summed E-state index contributed by atoms with van der Waals surface area (Å²) in [6.07, 6.45) is 11.5. The van der Waals surface area contributed by atoms with Gasteiger partial charge in [0, 0.05) is 50.8 Å². The van der Waals surface area contributed by atoms with Gasteiger partial charge in [-0.25, -0.2) is 16.8 Å². The molecule has 0 unspecified atom stereocenters. The minimum Gasteiger partial charge on any atom is -0.324 e. The Morgan fingerprint density at radius 3 is 1.70 bits per heavy atom. The third-order valence-electron chi connectivity index (χ3n) is 8.84. The lowest BCUT2D eigenvalue weighted by atomic mass is 9.89. The van der Waals surface area contributed by atoms with Crippen LogP contribution < -0.4 is 0 Å². The largest absolute Gasteiger partial charge is 0.324 e. The number of aryl methyl sites for hydroxylation is 1. The van der Waals surface area contributed by atoms with Gasteiger partial charge < -0.3 is 9.47 Å². The average molecular weight is 639 g/mol. The lowest BCUT2D eigenvalue weighted by molar-refractivity contribution is 0.188. The molecule has 1 saturated heterocycles. The molecule has 1 saturated carbocycles. The fourth-order valence-electron chi connectivity index (χ4n) is 6.39. The molecule has 2 fully saturated rings. The maximum absolute atomic E-state index is 14.0. The van der Waals surface area contributed by atoms with E-state index in [9.17, 15) is 16.8 Å². The van der Waals surface area contributed by atoms with E-state index in [0.29, 0.717) is 37.4 Å². The highest BCUT2D eigenvalue weighted by atomic mass is 32.2. The predicted molar refractivity (Wildman–Crippen MR) is 176 cm³/mol. The molecular formula is C34H46N4O4S2. The van der Waals surface area contributed by atoms with Crippen molar-refractivity contribution in [3.63, 3.8) is 0 Å². The molecule has 0 amide bonds. The van der Waals surface area contributed by atoms with Gasteiger partial charge in [-0.3, -0.25) is 0 Å². The first-order valence-corrected chi connectivity index (χ1v) is 18.7. The highest BCUT2D eigenvalue weighted by molar-refractivity contribution is 7.89. The van der Waals surface area contributed by atoms with E-state index in [2.05, 4.69) is 11.5 Å². The molecule has 0 radical (unpaired) electrons. The van der Waals surface area contributed by atoms with Crippen LogP contribution in [0.15, 0.2) is 95.0 Å². The van der Waals surface area contributed by atoms with Crippen LogP contribution in [0, 0.1) is 12.8 Å². The molecule has 2 heterocycles. The van der Waals surface area contributed by atoms with E-state index in [4.69, 9.17) is 0 Å². The van der Waals surface area contributed by atoms with Crippen molar-refractivity contribution in [1.29, 1.82) is 0 Å². The van der Waals surface area contributed by atoms with Gasteiger partial charge >= 0.3 is 0 Å². The Morgan fingerprint density at radius 2 is 1.18 bits per heavy atom. The van der Waals surface area contributed by atoms with Crippen molar-refractivity contribution in [1.82, 2.24) is 18.1 Å². The van der Waals surface area contributed by atoms with Crippen LogP contribution >= 0.6 is 0 Å². The summed E-state index contributed by atoms with van der Waals surface area (Å²) in [6.45, 7) is 9.45. The first-order chi connectivity index (χ1) is 21.1. The molecule has 0 spiro atoms. The van der Waals surface area contributed by atoms with Crippen LogP contribution in [0.1, 0.15) is 50.5 Å². The Labute approximate surface area is 264 Å². The first-order valence-electron chi connectivity index (χ1n) is 15.8. The van der Waals surface area contributed by atoms with E-state index in [1.54, 1.807) is 48.5 Å². The molecule has 0 atom stereocenters. The number of sulfonamides is 2. The second-order valence-corrected chi connectivity index (χ2v) is 16.2. The monoisotopic (exact) mass is 638 g/mol. The third kappa shape index (κ3) is 8.09. The van der Waals surface area contributed by atoms with Gasteiger partial charge in [-0.2, -0.15) is 8.61 Å². The van der Waals surface area contributed by atoms with Gasteiger partial charge in [-0.1, -0.05) is 43.5 Å². The predicted octanol–water partition coefficient (Wildman–Crippen LogP) is 5.70. The van der Waals surface area contributed by atoms with Crippen LogP contribution in [0.2, 0.25) is 0 Å². The summed E-state index contributed by atoms with van der Waals surface area (Å²) in [5.41, 5.74) is 2.41. The zero-order valence-corrected chi connectivity index (χ0v) is 27.5. The van der Waals surface area contributed by atoms with Crippen LogP contribution in [0.5, 0.6) is 0 Å². The topological polar surface area (TPSA) is 82.9 Å². The molecule has 1 aliphatic heterocycles. The van der Waals surface area contributed by atoms with E-state index in [1.165, 1.54) is 40.7 Å². The summed E-state index contributed by atoms with van der Waals surface area (Å²) >= 11 is 0. The van der Waals surface area contributed by atoms with Crippen molar-refractivity contribution in [2.75, 3.05) is 45.8 Å². The molecule has 2 aromatic carbocycles. The molecule has 0 N–H and O–H groups in total. The standard InChI is InChI=1S/C34H46N4O4S2/c1-29-12-16-33(17-13-29)43(39,40)37-24-8-20-35(28-31-10-4-3-5-11-31)21-9-25-38(27-30(2)26-37)44(41,42)34-18-14-32(15-19-34)36-22-6-7-23-36/h6-7,12-19,22-23,31H,2-5,8-11,20-21,24-28H2,1H3. The molecule has 1 aliphatic carbocycles. The summed E-state index contributed by atoms with van der Waals surface area (Å²) in [7, 11) is -7.64. The third-order valence-corrected chi connectivity index (χ3v) is 12.6. The van der Waals surface area contributed by atoms with Crippen molar-refractivity contribution >= 4 is 20.0 Å². The lowest BCUT2D eigenvalue weighted by Crippen LogP contribution is -2.42. The fraction of sp³-hybridized carbons (Fsp3) is 0.471. The molecule has 8 nitrogen and oxygen atoms in total. The molecule has 238 valence electrons. The van der Waals surface area contributed by atoms with E-state index in [1.807, 2.05) is 36.0 Å². The SMILES string of the molecule is C=C1CN(S(=O)(=O)c2ccc(C)cc2)CCCN(CC2CCCCC2)CCCN(S(=O)(=O)c2ccc(-n3cccc3)cc2)C1. The minimum atomic E-state index is -3.85. The molecule has 44 heavy (non-hydrogen) atoms. The molecular weight excluding hydrogens is 593 g/mol. The molecule has 5 rings (SSSR count). The number of aromatic nitrogens is 1. The normalized spacial score (nSPS) is 19.8. The van der Waals surface area contributed by atoms with Crippen molar-refractivity contribution < 1.29 is 16.8 Å². The van der Waals surface area contributed by atoms with Gasteiger partial charge in [-0.15, -0.1) is 0 Å². The summed E-state index contributed by atoms with van der Waals surface area (Å²) in [5, 5.41) is 0. The van der Waals surface area contributed by atoms with Crippen molar-refractivity contribution in [2.45, 2.75) is 61.7 Å². The Bertz CT molecular complexity index is 1580. The number of rotatable bonds is 7. The molecule has 10 heteroatoms. The van der Waals surface area contributed by atoms with Crippen LogP contribution in [-0.4, -0.2) is 80.7 Å². The number of benzene rings is 2. The molecule has 2 aliphatic rings. The fourth-order valence-corrected chi connectivity index (χ4v) is 9.39. The van der Waals surface area contributed by atoms with Gasteiger partial charge in [0.15, 0.2) is 0 Å². The van der Waals surface area contributed by atoms with Crippen molar-refractivity contribution in [2.24, 2.45) is 5.92 Å².